The first-order chi connectivity index (χ1) is 9.99. The Morgan fingerprint density at radius 1 is 1.10 bits per heavy atom. The summed E-state index contributed by atoms with van der Waals surface area (Å²) in [7, 11) is 6.24. The normalized spacial score (nSPS) is 11.9. The summed E-state index contributed by atoms with van der Waals surface area (Å²) >= 11 is 0. The van der Waals surface area contributed by atoms with Gasteiger partial charge in [-0.2, -0.15) is 0 Å². The van der Waals surface area contributed by atoms with Gasteiger partial charge < -0.3 is 28.2 Å². The first kappa shape index (κ1) is 20.5. The number of nitrogens with zero attached hydrogens (tertiary/aromatic N) is 1. The number of hydrogen-bond acceptors (Lipinski definition) is 7. The average molecular weight is 322 g/mol. The van der Waals surface area contributed by atoms with Gasteiger partial charge >= 0.3 is 14.8 Å². The minimum Gasteiger partial charge on any atom is -0.464 e. The van der Waals surface area contributed by atoms with Crippen LogP contribution in [-0.2, 0) is 22.8 Å². The van der Waals surface area contributed by atoms with E-state index in [-0.39, 0.29) is 5.97 Å². The Bertz CT molecular complexity index is 267. The van der Waals surface area contributed by atoms with Gasteiger partial charge in [-0.15, -0.1) is 0 Å². The largest absolute Gasteiger partial charge is 0.500 e. The molecule has 0 atom stereocenters. The van der Waals surface area contributed by atoms with Crippen molar-refractivity contribution in [2.75, 3.05) is 61.7 Å². The van der Waals surface area contributed by atoms with Crippen molar-refractivity contribution in [3.8, 4) is 0 Å². The number of carbonyl (C=O) groups excluding carboxylic acids is 1. The van der Waals surface area contributed by atoms with Crippen molar-refractivity contribution < 1.29 is 22.8 Å². The Hall–Kier alpha value is -0.513. The lowest BCUT2D eigenvalue weighted by molar-refractivity contribution is -0.143. The smallest absolute Gasteiger partial charge is 0.464 e. The quantitative estimate of drug-likeness (QED) is 0.298. The van der Waals surface area contributed by atoms with Gasteiger partial charge in [-0.25, -0.2) is 0 Å². The van der Waals surface area contributed by atoms with E-state index in [0.29, 0.717) is 19.6 Å². The summed E-state index contributed by atoms with van der Waals surface area (Å²) in [5.74, 6) is -0.168. The van der Waals surface area contributed by atoms with Gasteiger partial charge in [0.2, 0.25) is 0 Å². The third-order valence-corrected chi connectivity index (χ3v) is 5.91. The van der Waals surface area contributed by atoms with E-state index in [4.69, 9.17) is 18.0 Å². The van der Waals surface area contributed by atoms with Gasteiger partial charge in [0.05, 0.1) is 6.42 Å². The number of rotatable bonds is 13. The number of carbonyl (C=O) groups is 1. The summed E-state index contributed by atoms with van der Waals surface area (Å²) < 4.78 is 21.1. The molecule has 0 saturated heterocycles. The molecule has 0 aliphatic carbocycles. The summed E-state index contributed by atoms with van der Waals surface area (Å²) in [5, 5.41) is 3.20. The Morgan fingerprint density at radius 3 is 2.24 bits per heavy atom. The van der Waals surface area contributed by atoms with Gasteiger partial charge in [-0.05, 0) is 27.1 Å². The molecule has 8 heteroatoms. The van der Waals surface area contributed by atoms with Crippen LogP contribution in [0.5, 0.6) is 0 Å². The van der Waals surface area contributed by atoms with Crippen molar-refractivity contribution in [2.24, 2.45) is 0 Å². The average Bonchev–Trinajstić information content (AvgIpc) is 2.47. The molecule has 0 heterocycles. The van der Waals surface area contributed by atoms with Crippen LogP contribution in [0, 0.1) is 0 Å². The molecule has 0 aliphatic rings. The first-order valence-corrected chi connectivity index (χ1v) is 9.09. The van der Waals surface area contributed by atoms with Gasteiger partial charge in [0, 0.05) is 40.5 Å². The van der Waals surface area contributed by atoms with Crippen molar-refractivity contribution in [3.63, 3.8) is 0 Å². The van der Waals surface area contributed by atoms with Crippen LogP contribution in [0.15, 0.2) is 0 Å². The molecule has 21 heavy (non-hydrogen) atoms. The summed E-state index contributed by atoms with van der Waals surface area (Å²) in [5.41, 5.74) is 0. The number of hydrogen-bond donors (Lipinski definition) is 1. The topological polar surface area (TPSA) is 69.3 Å². The van der Waals surface area contributed by atoms with Crippen molar-refractivity contribution in [3.05, 3.63) is 0 Å². The van der Waals surface area contributed by atoms with Crippen LogP contribution in [0.25, 0.3) is 0 Å². The van der Waals surface area contributed by atoms with E-state index in [0.717, 1.165) is 25.6 Å². The highest BCUT2D eigenvalue weighted by Gasteiger charge is 2.36. The molecular formula is C13H30N2O5Si. The third-order valence-electron chi connectivity index (χ3n) is 3.08. The summed E-state index contributed by atoms with van der Waals surface area (Å²) in [6.45, 7) is 2.59. The van der Waals surface area contributed by atoms with Crippen LogP contribution >= 0.6 is 0 Å². The zero-order valence-electron chi connectivity index (χ0n) is 13.9. The maximum Gasteiger partial charge on any atom is 0.500 e. The molecule has 0 spiro atoms. The number of esters is 1. The molecule has 1 N–H and O–H groups in total. The molecule has 0 bridgehead atoms. The predicted molar refractivity (Wildman–Crippen MR) is 83.2 cm³/mol. The Morgan fingerprint density at radius 2 is 1.71 bits per heavy atom. The van der Waals surface area contributed by atoms with Gasteiger partial charge in [0.1, 0.15) is 6.61 Å². The lowest BCUT2D eigenvalue weighted by Crippen LogP contribution is -2.43. The molecule has 0 amide bonds. The number of likely N-dealkylation sites (N-methyl/N-ethyl adjacent to an activating group) is 1. The minimum atomic E-state index is -2.46. The van der Waals surface area contributed by atoms with Crippen molar-refractivity contribution in [2.45, 2.75) is 18.9 Å². The van der Waals surface area contributed by atoms with E-state index in [1.165, 1.54) is 0 Å². The zero-order chi connectivity index (χ0) is 16.1. The molecule has 0 aromatic rings. The standard InChI is InChI=1S/C13H30N2O5Si/c1-15(2)10-11-20-13(16)7-9-14-8-6-12-21(17-3,18-4)19-5/h14H,6-12H2,1-5H3. The molecule has 126 valence electrons. The third kappa shape index (κ3) is 9.94. The fourth-order valence-corrected chi connectivity index (χ4v) is 3.44. The number of ether oxygens (including phenoxy) is 1. The predicted octanol–water partition coefficient (Wildman–Crippen LogP) is 0.339. The lowest BCUT2D eigenvalue weighted by Gasteiger charge is -2.24. The molecule has 0 aromatic heterocycles. The zero-order valence-corrected chi connectivity index (χ0v) is 14.9. The van der Waals surface area contributed by atoms with E-state index < -0.39 is 8.80 Å². The fourth-order valence-electron chi connectivity index (χ4n) is 1.72. The van der Waals surface area contributed by atoms with Gasteiger partial charge in [0.25, 0.3) is 0 Å². The highest BCUT2D eigenvalue weighted by molar-refractivity contribution is 6.60. The van der Waals surface area contributed by atoms with E-state index >= 15 is 0 Å². The van der Waals surface area contributed by atoms with Crippen molar-refractivity contribution >= 4 is 14.8 Å². The van der Waals surface area contributed by atoms with Gasteiger partial charge in [0.15, 0.2) is 0 Å². The van der Waals surface area contributed by atoms with Crippen LogP contribution in [0.4, 0.5) is 0 Å². The second kappa shape index (κ2) is 12.1. The Kier molecular flexibility index (Phi) is 11.8. The molecule has 0 rings (SSSR count). The van der Waals surface area contributed by atoms with Crippen LogP contribution in [-0.4, -0.2) is 81.3 Å². The fraction of sp³-hybridized carbons (Fsp3) is 0.923. The van der Waals surface area contributed by atoms with E-state index in [2.05, 4.69) is 5.32 Å². The van der Waals surface area contributed by atoms with E-state index in [1.54, 1.807) is 21.3 Å². The second-order valence-corrected chi connectivity index (χ2v) is 8.01. The molecule has 0 fully saturated rings. The SMILES string of the molecule is CO[Si](CCCNCCC(=O)OCCN(C)C)(OC)OC. The molecule has 0 unspecified atom stereocenters. The Labute approximate surface area is 129 Å². The summed E-state index contributed by atoms with van der Waals surface area (Å²) in [4.78, 5) is 13.4. The van der Waals surface area contributed by atoms with Crippen LogP contribution in [0.2, 0.25) is 6.04 Å². The maximum absolute atomic E-state index is 11.4. The monoisotopic (exact) mass is 322 g/mol. The minimum absolute atomic E-state index is 0.168. The molecule has 0 radical (unpaired) electrons. The maximum atomic E-state index is 11.4. The van der Waals surface area contributed by atoms with Crippen molar-refractivity contribution in [1.29, 1.82) is 0 Å². The second-order valence-electron chi connectivity index (χ2n) is 4.92. The molecule has 7 nitrogen and oxygen atoms in total. The van der Waals surface area contributed by atoms with Crippen LogP contribution < -0.4 is 5.32 Å². The molecule has 0 saturated carbocycles. The molecule has 0 aromatic carbocycles. The molecular weight excluding hydrogens is 292 g/mol. The van der Waals surface area contributed by atoms with E-state index in [1.807, 2.05) is 19.0 Å². The summed E-state index contributed by atoms with van der Waals surface area (Å²) in [6, 6.07) is 0.747. The number of nitrogens with one attached hydrogen (secondary N) is 1. The lowest BCUT2D eigenvalue weighted by atomic mass is 10.4. The van der Waals surface area contributed by atoms with E-state index in [9.17, 15) is 4.79 Å². The summed E-state index contributed by atoms with van der Waals surface area (Å²) in [6.07, 6.45) is 1.26. The first-order valence-electron chi connectivity index (χ1n) is 7.16. The molecule has 0 aliphatic heterocycles. The van der Waals surface area contributed by atoms with Gasteiger partial charge in [-0.1, -0.05) is 0 Å². The van der Waals surface area contributed by atoms with Crippen LogP contribution in [0.3, 0.4) is 0 Å². The highest BCUT2D eigenvalue weighted by atomic mass is 28.4. The van der Waals surface area contributed by atoms with Gasteiger partial charge in [-0.3, -0.25) is 4.79 Å². The highest BCUT2D eigenvalue weighted by Crippen LogP contribution is 2.14. The van der Waals surface area contributed by atoms with Crippen LogP contribution in [0.1, 0.15) is 12.8 Å². The Balaban J connectivity index is 3.57. The van der Waals surface area contributed by atoms with Crippen molar-refractivity contribution in [1.82, 2.24) is 10.2 Å².